The van der Waals surface area contributed by atoms with Crippen LogP contribution in [-0.2, 0) is 0 Å². The van der Waals surface area contributed by atoms with Crippen LogP contribution in [0.4, 0.5) is 0 Å². The van der Waals surface area contributed by atoms with E-state index in [0.717, 1.165) is 78.2 Å². The molecule has 0 amide bonds. The molecule has 5 aromatic carbocycles. The summed E-state index contributed by atoms with van der Waals surface area (Å²) in [5.74, 6) is 0. The molecule has 0 spiro atoms. The van der Waals surface area contributed by atoms with Crippen LogP contribution in [0.15, 0.2) is 97.1 Å². The van der Waals surface area contributed by atoms with Gasteiger partial charge in [0.2, 0.25) is 0 Å². The summed E-state index contributed by atoms with van der Waals surface area (Å²) in [5, 5.41) is 0. The Morgan fingerprint density at radius 1 is 0.303 bits per heavy atom. The van der Waals surface area contributed by atoms with E-state index in [9.17, 15) is 0 Å². The Balaban J connectivity index is 1.51. The van der Waals surface area contributed by atoms with Gasteiger partial charge in [-0.05, 0) is 198 Å². The molecule has 0 saturated heterocycles. The predicted octanol–water partition coefficient (Wildman–Crippen LogP) is 16.7. The van der Waals surface area contributed by atoms with Crippen molar-refractivity contribution in [2.24, 2.45) is 0 Å². The second-order valence-electron chi connectivity index (χ2n) is 19.1. The molecule has 2 aliphatic heterocycles. The van der Waals surface area contributed by atoms with Gasteiger partial charge in [-0.15, -0.1) is 0 Å². The van der Waals surface area contributed by atoms with Gasteiger partial charge in [-0.1, -0.05) is 101 Å². The number of aromatic amines is 2. The minimum Gasteiger partial charge on any atom is -0.354 e. The van der Waals surface area contributed by atoms with E-state index in [1.165, 1.54) is 89.0 Å². The molecule has 5 heterocycles. The third-order valence-corrected chi connectivity index (χ3v) is 13.7. The van der Waals surface area contributed by atoms with E-state index in [-0.39, 0.29) is 0 Å². The molecule has 8 aromatic rings. The summed E-state index contributed by atoms with van der Waals surface area (Å²) in [6.07, 6.45) is 8.86. The Labute approximate surface area is 389 Å². The summed E-state index contributed by atoms with van der Waals surface area (Å²) >= 11 is 0. The summed E-state index contributed by atoms with van der Waals surface area (Å²) in [7, 11) is 0. The lowest BCUT2D eigenvalue weighted by atomic mass is 9.91. The van der Waals surface area contributed by atoms with E-state index in [1.807, 2.05) is 0 Å². The zero-order valence-corrected chi connectivity index (χ0v) is 40.4. The molecular formula is C62H58N4. The molecule has 0 unspecified atom stereocenters. The largest absolute Gasteiger partial charge is 0.354 e. The first-order chi connectivity index (χ1) is 31.6. The maximum absolute atomic E-state index is 5.75. The van der Waals surface area contributed by atoms with Gasteiger partial charge in [-0.3, -0.25) is 0 Å². The summed E-state index contributed by atoms with van der Waals surface area (Å²) < 4.78 is 0. The molecule has 8 bridgehead atoms. The van der Waals surface area contributed by atoms with Crippen LogP contribution in [0.2, 0.25) is 0 Å². The standard InChI is InChI=1S/C62H58N4/c1-33-24-37(5)54(38(6)25-33)58-47-18-19-48(63-47)59(55-39(7)26-34(2)27-40(55)8)50-22-23-52(65-50)61(57-43(11)30-36(4)31-44(57)12)62-46(45-16-14-13-15-17-45)32-53(66-62)60(51-21-20-49(58)64-51)56-41(9)28-35(3)29-42(56)10/h13-32,64,66H,1-12H3. The van der Waals surface area contributed by atoms with Crippen molar-refractivity contribution < 1.29 is 0 Å². The van der Waals surface area contributed by atoms with Crippen LogP contribution >= 0.6 is 0 Å². The number of aromatic nitrogens is 4. The van der Waals surface area contributed by atoms with Crippen LogP contribution in [0.1, 0.15) is 89.5 Å². The zero-order chi connectivity index (χ0) is 46.3. The van der Waals surface area contributed by atoms with Gasteiger partial charge in [0.25, 0.3) is 0 Å². The minimum atomic E-state index is 0.898. The average Bonchev–Trinajstić information content (AvgIpc) is 4.08. The molecular weight excluding hydrogens is 801 g/mol. The van der Waals surface area contributed by atoms with Crippen LogP contribution in [0, 0.1) is 83.1 Å². The summed E-state index contributed by atoms with van der Waals surface area (Å²) in [4.78, 5) is 19.7. The monoisotopic (exact) mass is 858 g/mol. The van der Waals surface area contributed by atoms with Crippen molar-refractivity contribution in [1.29, 1.82) is 0 Å². The van der Waals surface area contributed by atoms with Crippen molar-refractivity contribution in [3.8, 4) is 55.6 Å². The lowest BCUT2D eigenvalue weighted by Gasteiger charge is -2.15. The number of nitrogens with zero attached hydrogens (tertiary/aromatic N) is 2. The molecule has 0 fully saturated rings. The van der Waals surface area contributed by atoms with E-state index >= 15 is 0 Å². The Bertz CT molecular complexity index is 3490. The number of aryl methyl sites for hydroxylation is 12. The molecule has 0 saturated carbocycles. The first-order valence-electron chi connectivity index (χ1n) is 23.2. The lowest BCUT2D eigenvalue weighted by Crippen LogP contribution is -1.97. The molecule has 10 rings (SSSR count). The Morgan fingerprint density at radius 2 is 0.652 bits per heavy atom. The SMILES string of the molecule is Cc1cc(C)c(-c2c3nc(c(-c4c(C)cc(C)cc4C)c4ccc([nH]4)c(-c4c(C)cc(C)cc4C)c4cc(-c5ccccc5)c([nH]4)c(-c4c(C)cc(C)cc4C)c4nc2C=C4)C=C3)c(C)c1. The van der Waals surface area contributed by atoms with Crippen molar-refractivity contribution in [3.63, 3.8) is 0 Å². The average molecular weight is 859 g/mol. The van der Waals surface area contributed by atoms with Crippen LogP contribution in [0.25, 0.3) is 102 Å². The molecule has 66 heavy (non-hydrogen) atoms. The number of H-pyrrole nitrogens is 2. The fraction of sp³-hybridized carbons (Fsp3) is 0.194. The maximum atomic E-state index is 5.75. The van der Waals surface area contributed by atoms with E-state index in [0.29, 0.717) is 0 Å². The van der Waals surface area contributed by atoms with Crippen molar-refractivity contribution in [2.75, 3.05) is 0 Å². The van der Waals surface area contributed by atoms with Crippen molar-refractivity contribution in [2.45, 2.75) is 83.1 Å². The highest BCUT2D eigenvalue weighted by Crippen LogP contribution is 2.45. The van der Waals surface area contributed by atoms with E-state index in [4.69, 9.17) is 9.97 Å². The highest BCUT2D eigenvalue weighted by molar-refractivity contribution is 6.06. The van der Waals surface area contributed by atoms with Gasteiger partial charge in [-0.2, -0.15) is 0 Å². The first-order valence-corrected chi connectivity index (χ1v) is 23.2. The van der Waals surface area contributed by atoms with Crippen LogP contribution in [-0.4, -0.2) is 19.9 Å². The van der Waals surface area contributed by atoms with E-state index in [1.54, 1.807) is 0 Å². The van der Waals surface area contributed by atoms with Gasteiger partial charge in [0.15, 0.2) is 0 Å². The van der Waals surface area contributed by atoms with Gasteiger partial charge in [0.05, 0.1) is 28.3 Å². The second kappa shape index (κ2) is 16.3. The highest BCUT2D eigenvalue weighted by Gasteiger charge is 2.25. The molecule has 2 N–H and O–H groups in total. The molecule has 2 aliphatic rings. The van der Waals surface area contributed by atoms with E-state index in [2.05, 4.69) is 214 Å². The zero-order valence-electron chi connectivity index (χ0n) is 40.4. The number of fused-ring (bicyclic) bond motifs is 8. The topological polar surface area (TPSA) is 57.4 Å². The maximum Gasteiger partial charge on any atom is 0.0738 e. The predicted molar refractivity (Wildman–Crippen MR) is 283 cm³/mol. The molecule has 0 atom stereocenters. The fourth-order valence-corrected chi connectivity index (χ4v) is 11.5. The number of rotatable bonds is 5. The van der Waals surface area contributed by atoms with Crippen molar-refractivity contribution in [1.82, 2.24) is 19.9 Å². The van der Waals surface area contributed by atoms with Crippen LogP contribution in [0.3, 0.4) is 0 Å². The summed E-state index contributed by atoms with van der Waals surface area (Å²) in [6.45, 7) is 26.6. The molecule has 0 aliphatic carbocycles. The normalized spacial score (nSPS) is 12.1. The third kappa shape index (κ3) is 7.26. The van der Waals surface area contributed by atoms with Gasteiger partial charge in [-0.25, -0.2) is 9.97 Å². The number of hydrogen-bond acceptors (Lipinski definition) is 2. The summed E-state index contributed by atoms with van der Waals surface area (Å²) in [6, 6.07) is 36.1. The number of nitrogens with one attached hydrogen (secondary N) is 2. The van der Waals surface area contributed by atoms with Gasteiger partial charge in [0.1, 0.15) is 0 Å². The minimum absolute atomic E-state index is 0.898. The summed E-state index contributed by atoms with van der Waals surface area (Å²) in [5.41, 5.74) is 33.7. The molecule has 4 nitrogen and oxygen atoms in total. The second-order valence-corrected chi connectivity index (χ2v) is 19.1. The molecule has 3 aromatic heterocycles. The van der Waals surface area contributed by atoms with Crippen molar-refractivity contribution in [3.05, 3.63) is 187 Å². The fourth-order valence-electron chi connectivity index (χ4n) is 11.5. The number of hydrogen-bond donors (Lipinski definition) is 2. The van der Waals surface area contributed by atoms with Gasteiger partial charge >= 0.3 is 0 Å². The highest BCUT2D eigenvalue weighted by atomic mass is 14.8. The smallest absolute Gasteiger partial charge is 0.0738 e. The molecule has 0 radical (unpaired) electrons. The Morgan fingerprint density at radius 3 is 1.09 bits per heavy atom. The van der Waals surface area contributed by atoms with Crippen LogP contribution < -0.4 is 0 Å². The molecule has 4 heteroatoms. The Hall–Kier alpha value is -7.30. The van der Waals surface area contributed by atoms with Gasteiger partial charge in [0, 0.05) is 44.4 Å². The third-order valence-electron chi connectivity index (χ3n) is 13.7. The number of benzene rings is 5. The quantitative estimate of drug-likeness (QED) is 0.181. The van der Waals surface area contributed by atoms with Crippen LogP contribution in [0.5, 0.6) is 0 Å². The van der Waals surface area contributed by atoms with E-state index < -0.39 is 0 Å². The van der Waals surface area contributed by atoms with Crippen molar-refractivity contribution >= 4 is 46.4 Å². The van der Waals surface area contributed by atoms with Gasteiger partial charge < -0.3 is 9.97 Å². The first kappa shape index (κ1) is 42.6. The molecule has 326 valence electrons. The lowest BCUT2D eigenvalue weighted by molar-refractivity contribution is 1.24. The Kier molecular flexibility index (Phi) is 10.5.